The van der Waals surface area contributed by atoms with Crippen molar-refractivity contribution in [1.29, 1.82) is 0 Å². The number of aliphatic hydroxyl groups is 1. The quantitative estimate of drug-likeness (QED) is 0.0222. The van der Waals surface area contributed by atoms with E-state index >= 15 is 0 Å². The van der Waals surface area contributed by atoms with E-state index in [0.29, 0.717) is 25.7 Å². The van der Waals surface area contributed by atoms with Gasteiger partial charge in [-0.15, -0.1) is 0 Å². The molecule has 0 amide bonds. The molecule has 0 fully saturated rings. The predicted molar refractivity (Wildman–Crippen MR) is 395 cm³/mol. The molecular weight excluding hydrogens is 1270 g/mol. The molecule has 19 heteroatoms. The van der Waals surface area contributed by atoms with Crippen LogP contribution in [0.15, 0.2) is 0 Å². The standard InChI is InChI=1S/C78H152O17P2/c1-8-10-11-12-13-14-15-16-17-18-19-20-21-22-23-31-40-47-54-61-77(82)94-73(65-88-75(80)59-52-45-38-30-26-24-28-35-42-49-56-69(3)4)67-92-96(84,85)90-63-72(79)64-91-97(86,87)93-68-74(66-89-76(81)60-53-46-39-34-33-37-44-51-58-71(7)9-2)95-78(83)62-55-48-41-32-27-25-29-36-43-50-57-70(5)6/h69-74,79H,8-68H2,1-7H3,(H,84,85)(H,86,87)/t71?,72-,73-,74-/m1/s1. The summed E-state index contributed by atoms with van der Waals surface area (Å²) in [6.07, 6.45) is 55.4. The van der Waals surface area contributed by atoms with Crippen LogP contribution in [0.4, 0.5) is 0 Å². The van der Waals surface area contributed by atoms with Crippen LogP contribution < -0.4 is 0 Å². The molecule has 3 unspecified atom stereocenters. The molecule has 0 saturated heterocycles. The van der Waals surface area contributed by atoms with Crippen LogP contribution in [0.1, 0.15) is 402 Å². The maximum absolute atomic E-state index is 13.1. The van der Waals surface area contributed by atoms with Gasteiger partial charge in [-0.25, -0.2) is 9.13 Å². The summed E-state index contributed by atoms with van der Waals surface area (Å²) >= 11 is 0. The Balaban J connectivity index is 5.25. The molecule has 0 radical (unpaired) electrons. The van der Waals surface area contributed by atoms with Crippen molar-refractivity contribution in [3.05, 3.63) is 0 Å². The van der Waals surface area contributed by atoms with Crippen molar-refractivity contribution in [2.24, 2.45) is 17.8 Å². The highest BCUT2D eigenvalue weighted by atomic mass is 31.2. The van der Waals surface area contributed by atoms with Crippen LogP contribution in [0.3, 0.4) is 0 Å². The average Bonchev–Trinajstić information content (AvgIpc) is 1.37. The summed E-state index contributed by atoms with van der Waals surface area (Å²) in [5.41, 5.74) is 0. The first kappa shape index (κ1) is 95.1. The van der Waals surface area contributed by atoms with Gasteiger partial charge in [0.05, 0.1) is 26.4 Å². The summed E-state index contributed by atoms with van der Waals surface area (Å²) in [4.78, 5) is 72.9. The van der Waals surface area contributed by atoms with Gasteiger partial charge in [0.25, 0.3) is 0 Å². The number of hydrogen-bond acceptors (Lipinski definition) is 15. The lowest BCUT2D eigenvalue weighted by Crippen LogP contribution is -2.30. The lowest BCUT2D eigenvalue weighted by Gasteiger charge is -2.21. The molecule has 17 nitrogen and oxygen atoms in total. The van der Waals surface area contributed by atoms with Gasteiger partial charge < -0.3 is 33.8 Å². The van der Waals surface area contributed by atoms with E-state index in [0.717, 1.165) is 108 Å². The van der Waals surface area contributed by atoms with E-state index in [-0.39, 0.29) is 25.7 Å². The molecular formula is C78H152O17P2. The molecule has 0 heterocycles. The lowest BCUT2D eigenvalue weighted by molar-refractivity contribution is -0.161. The maximum Gasteiger partial charge on any atom is 0.472 e. The molecule has 6 atom stereocenters. The minimum absolute atomic E-state index is 0.105. The zero-order valence-electron chi connectivity index (χ0n) is 63.5. The Morgan fingerprint density at radius 2 is 0.526 bits per heavy atom. The van der Waals surface area contributed by atoms with Crippen LogP contribution in [0.25, 0.3) is 0 Å². The summed E-state index contributed by atoms with van der Waals surface area (Å²) in [5.74, 6) is 0.172. The number of carbonyl (C=O) groups is 4. The second kappa shape index (κ2) is 68.5. The lowest BCUT2D eigenvalue weighted by atomic mass is 9.99. The molecule has 97 heavy (non-hydrogen) atoms. The zero-order valence-corrected chi connectivity index (χ0v) is 65.3. The summed E-state index contributed by atoms with van der Waals surface area (Å²) in [6, 6.07) is 0. The smallest absolute Gasteiger partial charge is 0.462 e. The minimum atomic E-state index is -4.96. The number of rotatable bonds is 76. The van der Waals surface area contributed by atoms with Crippen molar-refractivity contribution < 1.29 is 80.2 Å². The fourth-order valence-electron chi connectivity index (χ4n) is 11.9. The van der Waals surface area contributed by atoms with Gasteiger partial charge in [-0.05, 0) is 43.4 Å². The van der Waals surface area contributed by atoms with Gasteiger partial charge in [-0.3, -0.25) is 37.3 Å². The Morgan fingerprint density at radius 3 is 0.784 bits per heavy atom. The topological polar surface area (TPSA) is 237 Å². The van der Waals surface area contributed by atoms with Gasteiger partial charge in [-0.2, -0.15) is 0 Å². The SMILES string of the molecule is CCCCCCCCCCCCCCCCCCCCCC(=O)O[C@H](COC(=O)CCCCCCCCCCCCC(C)C)COP(=O)(O)OC[C@@H](O)COP(=O)(O)OC[C@@H](COC(=O)CCCCCCCCCCC(C)CC)OC(=O)CCCCCCCCCCCCC(C)C. The van der Waals surface area contributed by atoms with Crippen LogP contribution in [0, 0.1) is 17.8 Å². The molecule has 0 rings (SSSR count). The van der Waals surface area contributed by atoms with Crippen LogP contribution in [-0.2, 0) is 65.4 Å². The fraction of sp³-hybridized carbons (Fsp3) is 0.949. The van der Waals surface area contributed by atoms with Crippen molar-refractivity contribution in [2.75, 3.05) is 39.6 Å². The molecule has 0 saturated carbocycles. The highest BCUT2D eigenvalue weighted by Gasteiger charge is 2.30. The van der Waals surface area contributed by atoms with Crippen molar-refractivity contribution in [3.8, 4) is 0 Å². The number of unbranched alkanes of at least 4 members (excludes halogenated alkanes) is 43. The van der Waals surface area contributed by atoms with Crippen LogP contribution in [-0.4, -0.2) is 96.7 Å². The predicted octanol–water partition coefficient (Wildman–Crippen LogP) is 23.0. The van der Waals surface area contributed by atoms with Crippen molar-refractivity contribution in [1.82, 2.24) is 0 Å². The number of ether oxygens (including phenoxy) is 4. The van der Waals surface area contributed by atoms with E-state index in [9.17, 15) is 43.2 Å². The summed E-state index contributed by atoms with van der Waals surface area (Å²) in [6.45, 7) is 11.9. The molecule has 0 aliphatic heterocycles. The first-order valence-electron chi connectivity index (χ1n) is 40.4. The number of esters is 4. The van der Waals surface area contributed by atoms with E-state index in [1.807, 2.05) is 0 Å². The van der Waals surface area contributed by atoms with E-state index < -0.39 is 97.5 Å². The fourth-order valence-corrected chi connectivity index (χ4v) is 13.5. The van der Waals surface area contributed by atoms with Gasteiger partial charge in [-0.1, -0.05) is 350 Å². The Hall–Kier alpha value is -1.94. The van der Waals surface area contributed by atoms with Gasteiger partial charge >= 0.3 is 39.5 Å². The van der Waals surface area contributed by atoms with Gasteiger partial charge in [0.1, 0.15) is 19.3 Å². The normalized spacial score (nSPS) is 14.3. The van der Waals surface area contributed by atoms with Gasteiger partial charge in [0.15, 0.2) is 12.2 Å². The second-order valence-corrected chi connectivity index (χ2v) is 32.2. The minimum Gasteiger partial charge on any atom is -0.462 e. The monoisotopic (exact) mass is 1420 g/mol. The Kier molecular flexibility index (Phi) is 67.1. The number of hydrogen-bond donors (Lipinski definition) is 3. The third-order valence-electron chi connectivity index (χ3n) is 18.5. The first-order chi connectivity index (χ1) is 46.8. The van der Waals surface area contributed by atoms with Gasteiger partial charge in [0.2, 0.25) is 0 Å². The summed E-state index contributed by atoms with van der Waals surface area (Å²) < 4.78 is 68.6. The average molecular weight is 1420 g/mol. The maximum atomic E-state index is 13.1. The molecule has 0 bridgehead atoms. The molecule has 0 aliphatic carbocycles. The second-order valence-electron chi connectivity index (χ2n) is 29.3. The highest BCUT2D eigenvalue weighted by molar-refractivity contribution is 7.47. The molecule has 0 aliphatic rings. The van der Waals surface area contributed by atoms with Crippen LogP contribution in [0.5, 0.6) is 0 Å². The van der Waals surface area contributed by atoms with Crippen molar-refractivity contribution in [2.45, 2.75) is 420 Å². The Morgan fingerprint density at radius 1 is 0.299 bits per heavy atom. The molecule has 0 aromatic rings. The highest BCUT2D eigenvalue weighted by Crippen LogP contribution is 2.45. The number of aliphatic hydroxyl groups excluding tert-OH is 1. The van der Waals surface area contributed by atoms with E-state index in [1.165, 1.54) is 212 Å². The van der Waals surface area contributed by atoms with Gasteiger partial charge in [0, 0.05) is 25.7 Å². The van der Waals surface area contributed by atoms with E-state index in [2.05, 4.69) is 48.5 Å². The molecule has 3 N–H and O–H groups in total. The number of phosphoric acid groups is 2. The van der Waals surface area contributed by atoms with E-state index in [4.69, 9.17) is 37.0 Å². The number of phosphoric ester groups is 2. The molecule has 0 aromatic heterocycles. The third kappa shape index (κ3) is 70.9. The molecule has 0 aromatic carbocycles. The third-order valence-corrected chi connectivity index (χ3v) is 20.4. The summed E-state index contributed by atoms with van der Waals surface area (Å²) in [7, 11) is -9.92. The first-order valence-corrected chi connectivity index (χ1v) is 43.4. The molecule has 576 valence electrons. The summed E-state index contributed by atoms with van der Waals surface area (Å²) in [5, 5.41) is 10.6. The molecule has 0 spiro atoms. The zero-order chi connectivity index (χ0) is 71.6. The Labute approximate surface area is 594 Å². The number of carbonyl (C=O) groups excluding carboxylic acids is 4. The largest absolute Gasteiger partial charge is 0.472 e. The van der Waals surface area contributed by atoms with Crippen LogP contribution in [0.2, 0.25) is 0 Å². The Bertz CT molecular complexity index is 1890. The van der Waals surface area contributed by atoms with Crippen molar-refractivity contribution >= 4 is 39.5 Å². The van der Waals surface area contributed by atoms with Crippen molar-refractivity contribution in [3.63, 3.8) is 0 Å². The van der Waals surface area contributed by atoms with Crippen LogP contribution >= 0.6 is 15.6 Å². The van der Waals surface area contributed by atoms with E-state index in [1.54, 1.807) is 0 Å².